The Bertz CT molecular complexity index is 389. The van der Waals surface area contributed by atoms with Gasteiger partial charge in [0.25, 0.3) is 0 Å². The van der Waals surface area contributed by atoms with Crippen molar-refractivity contribution in [3.05, 3.63) is 22.4 Å². The Labute approximate surface area is 124 Å². The van der Waals surface area contributed by atoms with Crippen LogP contribution in [0.5, 0.6) is 0 Å². The third kappa shape index (κ3) is 4.89. The Morgan fingerprint density at radius 2 is 2.25 bits per heavy atom. The van der Waals surface area contributed by atoms with Crippen LogP contribution in [0.15, 0.2) is 17.5 Å². The van der Waals surface area contributed by atoms with Gasteiger partial charge in [0.05, 0.1) is 6.10 Å². The highest BCUT2D eigenvalue weighted by atomic mass is 32.1. The second-order valence-electron chi connectivity index (χ2n) is 5.27. The quantitative estimate of drug-likeness (QED) is 0.760. The summed E-state index contributed by atoms with van der Waals surface area (Å²) in [5.74, 6) is -0.106. The standard InChI is InChI=1S/C15H24N2O2S/c16-14(13-8-4-11-20-13)15(18)17-9-5-10-19-12-6-2-1-3-7-12/h4,8,11-12,14H,1-3,5-7,9-10,16H2,(H,17,18). The summed E-state index contributed by atoms with van der Waals surface area (Å²) in [4.78, 5) is 12.7. The van der Waals surface area contributed by atoms with Gasteiger partial charge in [-0.3, -0.25) is 4.79 Å². The SMILES string of the molecule is NC(C(=O)NCCCOC1CCCCC1)c1cccs1. The van der Waals surface area contributed by atoms with Gasteiger partial charge in [0, 0.05) is 18.0 Å². The Balaban J connectivity index is 1.55. The summed E-state index contributed by atoms with van der Waals surface area (Å²) in [5, 5.41) is 4.80. The molecule has 20 heavy (non-hydrogen) atoms. The number of carbonyl (C=O) groups is 1. The normalized spacial score (nSPS) is 17.9. The van der Waals surface area contributed by atoms with Gasteiger partial charge in [0.1, 0.15) is 6.04 Å². The molecule has 5 heteroatoms. The van der Waals surface area contributed by atoms with Crippen molar-refractivity contribution in [2.75, 3.05) is 13.2 Å². The van der Waals surface area contributed by atoms with Crippen molar-refractivity contribution in [1.29, 1.82) is 0 Å². The molecular formula is C15H24N2O2S. The fourth-order valence-electron chi connectivity index (χ4n) is 2.47. The number of carbonyl (C=O) groups excluding carboxylic acids is 1. The zero-order valence-electron chi connectivity index (χ0n) is 11.8. The first-order chi connectivity index (χ1) is 9.77. The number of ether oxygens (including phenoxy) is 1. The van der Waals surface area contributed by atoms with E-state index in [9.17, 15) is 4.79 Å². The number of nitrogens with one attached hydrogen (secondary N) is 1. The van der Waals surface area contributed by atoms with E-state index in [0.717, 1.165) is 17.9 Å². The van der Waals surface area contributed by atoms with Crippen LogP contribution in [0.2, 0.25) is 0 Å². The molecule has 1 unspecified atom stereocenters. The summed E-state index contributed by atoms with van der Waals surface area (Å²) >= 11 is 1.51. The zero-order valence-corrected chi connectivity index (χ0v) is 12.7. The lowest BCUT2D eigenvalue weighted by Crippen LogP contribution is -2.34. The molecule has 1 aromatic rings. The number of nitrogens with two attached hydrogens (primary N) is 1. The number of thiophene rings is 1. The monoisotopic (exact) mass is 296 g/mol. The minimum atomic E-state index is -0.547. The zero-order chi connectivity index (χ0) is 14.2. The summed E-state index contributed by atoms with van der Waals surface area (Å²) in [6, 6.07) is 3.25. The second-order valence-corrected chi connectivity index (χ2v) is 6.25. The minimum absolute atomic E-state index is 0.106. The molecule has 0 aromatic carbocycles. The van der Waals surface area contributed by atoms with E-state index in [4.69, 9.17) is 10.5 Å². The van der Waals surface area contributed by atoms with Gasteiger partial charge in [-0.2, -0.15) is 0 Å². The summed E-state index contributed by atoms with van der Waals surface area (Å²) in [6.07, 6.45) is 7.59. The smallest absolute Gasteiger partial charge is 0.242 e. The Morgan fingerprint density at radius 1 is 1.45 bits per heavy atom. The summed E-state index contributed by atoms with van der Waals surface area (Å²) in [7, 11) is 0. The van der Waals surface area contributed by atoms with Crippen molar-refractivity contribution in [1.82, 2.24) is 5.32 Å². The van der Waals surface area contributed by atoms with Crippen molar-refractivity contribution >= 4 is 17.2 Å². The Morgan fingerprint density at radius 3 is 2.95 bits per heavy atom. The van der Waals surface area contributed by atoms with E-state index >= 15 is 0 Å². The third-order valence-electron chi connectivity index (χ3n) is 3.66. The Kier molecular flexibility index (Phi) is 6.50. The molecule has 1 aliphatic rings. The molecule has 1 saturated carbocycles. The molecule has 1 amide bonds. The average Bonchev–Trinajstić information content (AvgIpc) is 3.01. The van der Waals surface area contributed by atoms with Gasteiger partial charge < -0.3 is 15.8 Å². The van der Waals surface area contributed by atoms with E-state index in [0.29, 0.717) is 12.6 Å². The minimum Gasteiger partial charge on any atom is -0.378 e. The highest BCUT2D eigenvalue weighted by molar-refractivity contribution is 7.10. The van der Waals surface area contributed by atoms with Crippen molar-refractivity contribution in [2.45, 2.75) is 50.7 Å². The van der Waals surface area contributed by atoms with Crippen LogP contribution in [0.1, 0.15) is 49.4 Å². The maximum absolute atomic E-state index is 11.8. The first-order valence-electron chi connectivity index (χ1n) is 7.45. The topological polar surface area (TPSA) is 64.4 Å². The van der Waals surface area contributed by atoms with Gasteiger partial charge in [0.2, 0.25) is 5.91 Å². The highest BCUT2D eigenvalue weighted by Gasteiger charge is 2.16. The summed E-state index contributed by atoms with van der Waals surface area (Å²) in [5.41, 5.74) is 5.88. The first kappa shape index (κ1) is 15.5. The van der Waals surface area contributed by atoms with Crippen LogP contribution in [0.25, 0.3) is 0 Å². The number of rotatable bonds is 7. The van der Waals surface area contributed by atoms with Gasteiger partial charge in [-0.1, -0.05) is 25.3 Å². The third-order valence-corrected chi connectivity index (χ3v) is 4.61. The fourth-order valence-corrected chi connectivity index (χ4v) is 3.20. The van der Waals surface area contributed by atoms with E-state index in [-0.39, 0.29) is 5.91 Å². The molecule has 2 rings (SSSR count). The van der Waals surface area contributed by atoms with Crippen LogP contribution in [0.4, 0.5) is 0 Å². The molecule has 1 atom stereocenters. The first-order valence-corrected chi connectivity index (χ1v) is 8.33. The summed E-state index contributed by atoms with van der Waals surface area (Å²) < 4.78 is 5.82. The predicted molar refractivity (Wildman–Crippen MR) is 81.7 cm³/mol. The number of amides is 1. The molecule has 0 bridgehead atoms. The lowest BCUT2D eigenvalue weighted by Gasteiger charge is -2.22. The van der Waals surface area contributed by atoms with Crippen molar-refractivity contribution < 1.29 is 9.53 Å². The van der Waals surface area contributed by atoms with Gasteiger partial charge in [0.15, 0.2) is 0 Å². The van der Waals surface area contributed by atoms with E-state index in [2.05, 4.69) is 5.32 Å². The molecule has 0 saturated heterocycles. The van der Waals surface area contributed by atoms with Gasteiger partial charge in [-0.05, 0) is 30.7 Å². The molecule has 0 spiro atoms. The van der Waals surface area contributed by atoms with Gasteiger partial charge >= 0.3 is 0 Å². The van der Waals surface area contributed by atoms with Crippen LogP contribution in [-0.2, 0) is 9.53 Å². The maximum atomic E-state index is 11.8. The highest BCUT2D eigenvalue weighted by Crippen LogP contribution is 2.20. The second kappa shape index (κ2) is 8.39. The predicted octanol–water partition coefficient (Wildman–Crippen LogP) is 2.60. The lowest BCUT2D eigenvalue weighted by atomic mass is 9.98. The van der Waals surface area contributed by atoms with Crippen LogP contribution in [-0.4, -0.2) is 25.2 Å². The molecule has 1 aromatic heterocycles. The molecule has 0 aliphatic heterocycles. The van der Waals surface area contributed by atoms with Crippen molar-refractivity contribution in [2.24, 2.45) is 5.73 Å². The van der Waals surface area contributed by atoms with E-state index in [1.807, 2.05) is 17.5 Å². The number of hydrogen-bond acceptors (Lipinski definition) is 4. The van der Waals surface area contributed by atoms with E-state index in [1.54, 1.807) is 0 Å². The van der Waals surface area contributed by atoms with Crippen molar-refractivity contribution in [3.8, 4) is 0 Å². The average molecular weight is 296 g/mol. The molecule has 1 aliphatic carbocycles. The summed E-state index contributed by atoms with van der Waals surface area (Å²) in [6.45, 7) is 1.35. The Hall–Kier alpha value is -0.910. The molecule has 3 N–H and O–H groups in total. The van der Waals surface area contributed by atoms with E-state index in [1.165, 1.54) is 43.4 Å². The maximum Gasteiger partial charge on any atom is 0.242 e. The number of hydrogen-bond donors (Lipinski definition) is 2. The molecule has 4 nitrogen and oxygen atoms in total. The van der Waals surface area contributed by atoms with Crippen LogP contribution < -0.4 is 11.1 Å². The van der Waals surface area contributed by atoms with Gasteiger partial charge in [-0.15, -0.1) is 11.3 Å². The molecular weight excluding hydrogens is 272 g/mol. The molecule has 112 valence electrons. The molecule has 0 radical (unpaired) electrons. The fraction of sp³-hybridized carbons (Fsp3) is 0.667. The van der Waals surface area contributed by atoms with E-state index < -0.39 is 6.04 Å². The largest absolute Gasteiger partial charge is 0.378 e. The van der Waals surface area contributed by atoms with Crippen molar-refractivity contribution in [3.63, 3.8) is 0 Å². The van der Waals surface area contributed by atoms with Crippen LogP contribution >= 0.6 is 11.3 Å². The van der Waals surface area contributed by atoms with Crippen LogP contribution in [0, 0.1) is 0 Å². The van der Waals surface area contributed by atoms with Crippen LogP contribution in [0.3, 0.4) is 0 Å². The lowest BCUT2D eigenvalue weighted by molar-refractivity contribution is -0.122. The molecule has 1 fully saturated rings. The molecule has 1 heterocycles. The van der Waals surface area contributed by atoms with Gasteiger partial charge in [-0.25, -0.2) is 0 Å².